The molecule has 1 aliphatic rings. The van der Waals surface area contributed by atoms with Gasteiger partial charge in [0.15, 0.2) is 5.82 Å². The van der Waals surface area contributed by atoms with E-state index in [-0.39, 0.29) is 0 Å². The highest BCUT2D eigenvalue weighted by Crippen LogP contribution is 2.20. The number of aromatic nitrogens is 3. The predicted molar refractivity (Wildman–Crippen MR) is 75.5 cm³/mol. The molecule has 2 aromatic rings. The Morgan fingerprint density at radius 2 is 2.26 bits per heavy atom. The van der Waals surface area contributed by atoms with Gasteiger partial charge in [-0.1, -0.05) is 0 Å². The van der Waals surface area contributed by atoms with Crippen molar-refractivity contribution < 1.29 is 0 Å². The Balaban J connectivity index is 1.81. The maximum absolute atomic E-state index is 4.43. The Labute approximate surface area is 113 Å². The van der Waals surface area contributed by atoms with Crippen LogP contribution in [0.3, 0.4) is 0 Å². The van der Waals surface area contributed by atoms with Crippen LogP contribution in [-0.2, 0) is 0 Å². The lowest BCUT2D eigenvalue weighted by atomic mass is 10.1. The quantitative estimate of drug-likeness (QED) is 0.910. The number of likely N-dealkylation sites (N-methyl/N-ethyl adjacent to an activating group) is 1. The van der Waals surface area contributed by atoms with Crippen LogP contribution in [0.15, 0.2) is 36.8 Å². The van der Waals surface area contributed by atoms with E-state index >= 15 is 0 Å². The van der Waals surface area contributed by atoms with Crippen molar-refractivity contribution in [1.82, 2.24) is 19.7 Å². The van der Waals surface area contributed by atoms with Gasteiger partial charge in [0, 0.05) is 31.2 Å². The number of nitrogens with zero attached hydrogens (tertiary/aromatic N) is 4. The molecule has 1 N–H and O–H groups in total. The summed E-state index contributed by atoms with van der Waals surface area (Å²) < 4.78 is 1.80. The Bertz CT molecular complexity index is 522. The first kappa shape index (κ1) is 12.2. The lowest BCUT2D eigenvalue weighted by Gasteiger charge is -2.31. The summed E-state index contributed by atoms with van der Waals surface area (Å²) in [4.78, 5) is 6.80. The minimum Gasteiger partial charge on any atom is -0.378 e. The molecule has 2 aromatic heterocycles. The molecule has 0 aliphatic carbocycles. The average Bonchev–Trinajstić information content (AvgIpc) is 2.93. The number of hydrogen-bond acceptors (Lipinski definition) is 4. The van der Waals surface area contributed by atoms with Gasteiger partial charge < -0.3 is 10.2 Å². The molecule has 0 saturated carbocycles. The molecule has 0 amide bonds. The summed E-state index contributed by atoms with van der Waals surface area (Å²) >= 11 is 0. The normalized spacial score (nSPS) is 20.4. The van der Waals surface area contributed by atoms with Crippen LogP contribution in [0, 0.1) is 0 Å². The van der Waals surface area contributed by atoms with Crippen LogP contribution in [-0.4, -0.2) is 45.8 Å². The summed E-state index contributed by atoms with van der Waals surface area (Å²) in [6.45, 7) is 2.27. The second-order valence-electron chi connectivity index (χ2n) is 5.07. The Kier molecular flexibility index (Phi) is 3.46. The molecule has 0 spiro atoms. The average molecular weight is 257 g/mol. The summed E-state index contributed by atoms with van der Waals surface area (Å²) in [7, 11) is 2.17. The van der Waals surface area contributed by atoms with E-state index in [1.54, 1.807) is 17.1 Å². The summed E-state index contributed by atoms with van der Waals surface area (Å²) in [5, 5.41) is 7.86. The van der Waals surface area contributed by atoms with Crippen LogP contribution in [0.2, 0.25) is 0 Å². The van der Waals surface area contributed by atoms with Gasteiger partial charge in [-0.15, -0.1) is 0 Å². The minimum atomic E-state index is 0.484. The van der Waals surface area contributed by atoms with E-state index in [2.05, 4.69) is 33.4 Å². The molecule has 1 saturated heterocycles. The molecule has 5 nitrogen and oxygen atoms in total. The van der Waals surface area contributed by atoms with E-state index in [0.717, 1.165) is 18.1 Å². The second-order valence-corrected chi connectivity index (χ2v) is 5.07. The second kappa shape index (κ2) is 5.40. The van der Waals surface area contributed by atoms with E-state index in [1.165, 1.54) is 19.4 Å². The highest BCUT2D eigenvalue weighted by Gasteiger charge is 2.18. The van der Waals surface area contributed by atoms with E-state index < -0.39 is 0 Å². The molecular formula is C14H19N5. The standard InChI is InChI=1S/C14H19N5/c1-18-9-3-5-12(11-18)17-13-6-2-7-15-14(13)19-10-4-8-16-19/h2,4,6-8,10,12,17H,3,5,9,11H2,1H3. The van der Waals surface area contributed by atoms with E-state index in [4.69, 9.17) is 0 Å². The van der Waals surface area contributed by atoms with Crippen LogP contribution in [0.4, 0.5) is 5.69 Å². The van der Waals surface area contributed by atoms with Gasteiger partial charge in [-0.05, 0) is 44.6 Å². The SMILES string of the molecule is CN1CCCC(Nc2cccnc2-n2cccn2)C1. The Morgan fingerprint density at radius 1 is 1.32 bits per heavy atom. The van der Waals surface area contributed by atoms with Crippen molar-refractivity contribution in [3.63, 3.8) is 0 Å². The fraction of sp³-hybridized carbons (Fsp3) is 0.429. The molecule has 0 radical (unpaired) electrons. The topological polar surface area (TPSA) is 46.0 Å². The maximum Gasteiger partial charge on any atom is 0.176 e. The van der Waals surface area contributed by atoms with Gasteiger partial charge in [-0.3, -0.25) is 0 Å². The van der Waals surface area contributed by atoms with Crippen molar-refractivity contribution in [2.75, 3.05) is 25.5 Å². The van der Waals surface area contributed by atoms with Crippen LogP contribution in [0.25, 0.3) is 5.82 Å². The zero-order valence-electron chi connectivity index (χ0n) is 11.2. The van der Waals surface area contributed by atoms with E-state index in [0.29, 0.717) is 6.04 Å². The van der Waals surface area contributed by atoms with Gasteiger partial charge >= 0.3 is 0 Å². The largest absolute Gasteiger partial charge is 0.378 e. The Hall–Kier alpha value is -1.88. The lowest BCUT2D eigenvalue weighted by molar-refractivity contribution is 0.261. The first-order chi connectivity index (χ1) is 9.33. The van der Waals surface area contributed by atoms with Crippen molar-refractivity contribution in [2.24, 2.45) is 0 Å². The van der Waals surface area contributed by atoms with Gasteiger partial charge in [0.05, 0.1) is 5.69 Å². The number of hydrogen-bond donors (Lipinski definition) is 1. The van der Waals surface area contributed by atoms with Crippen molar-refractivity contribution >= 4 is 5.69 Å². The third-order valence-electron chi connectivity index (χ3n) is 3.49. The van der Waals surface area contributed by atoms with Gasteiger partial charge in [0.2, 0.25) is 0 Å². The molecule has 0 aromatic carbocycles. The molecule has 3 heterocycles. The number of nitrogens with one attached hydrogen (secondary N) is 1. The molecule has 5 heteroatoms. The third-order valence-corrected chi connectivity index (χ3v) is 3.49. The smallest absolute Gasteiger partial charge is 0.176 e. The molecule has 3 rings (SSSR count). The van der Waals surface area contributed by atoms with Crippen molar-refractivity contribution in [2.45, 2.75) is 18.9 Å². The van der Waals surface area contributed by atoms with Crippen LogP contribution in [0.1, 0.15) is 12.8 Å². The minimum absolute atomic E-state index is 0.484. The van der Waals surface area contributed by atoms with Crippen molar-refractivity contribution in [3.8, 4) is 5.82 Å². The third kappa shape index (κ3) is 2.76. The number of likely N-dealkylation sites (tertiary alicyclic amines) is 1. The Morgan fingerprint density at radius 3 is 3.05 bits per heavy atom. The first-order valence-electron chi connectivity index (χ1n) is 6.73. The summed E-state index contributed by atoms with van der Waals surface area (Å²) in [6.07, 6.45) is 7.94. The first-order valence-corrected chi connectivity index (χ1v) is 6.73. The van der Waals surface area contributed by atoms with Crippen LogP contribution < -0.4 is 5.32 Å². The lowest BCUT2D eigenvalue weighted by Crippen LogP contribution is -2.39. The van der Waals surface area contributed by atoms with Gasteiger partial charge in [-0.25, -0.2) is 9.67 Å². The van der Waals surface area contributed by atoms with E-state index in [9.17, 15) is 0 Å². The molecular weight excluding hydrogens is 238 g/mol. The molecule has 1 unspecified atom stereocenters. The predicted octanol–water partition coefficient (Wildman–Crippen LogP) is 1.77. The fourth-order valence-corrected chi connectivity index (χ4v) is 2.59. The number of anilines is 1. The molecule has 1 fully saturated rings. The highest BCUT2D eigenvalue weighted by molar-refractivity contribution is 5.56. The number of rotatable bonds is 3. The maximum atomic E-state index is 4.43. The van der Waals surface area contributed by atoms with Crippen LogP contribution in [0.5, 0.6) is 0 Å². The molecule has 19 heavy (non-hydrogen) atoms. The number of piperidine rings is 1. The zero-order chi connectivity index (χ0) is 13.1. The zero-order valence-corrected chi connectivity index (χ0v) is 11.2. The molecule has 1 aliphatic heterocycles. The van der Waals surface area contributed by atoms with Crippen molar-refractivity contribution in [1.29, 1.82) is 0 Å². The summed E-state index contributed by atoms with van der Waals surface area (Å²) in [6, 6.07) is 6.42. The monoisotopic (exact) mass is 257 g/mol. The van der Waals surface area contributed by atoms with Crippen LogP contribution >= 0.6 is 0 Å². The van der Waals surface area contributed by atoms with E-state index in [1.807, 2.05) is 18.3 Å². The number of pyridine rings is 1. The fourth-order valence-electron chi connectivity index (χ4n) is 2.59. The van der Waals surface area contributed by atoms with Crippen molar-refractivity contribution in [3.05, 3.63) is 36.8 Å². The molecule has 1 atom stereocenters. The molecule has 100 valence electrons. The van der Waals surface area contributed by atoms with Gasteiger partial charge in [0.25, 0.3) is 0 Å². The summed E-state index contributed by atoms with van der Waals surface area (Å²) in [5.74, 6) is 0.862. The van der Waals surface area contributed by atoms with Gasteiger partial charge in [0.1, 0.15) is 0 Å². The highest BCUT2D eigenvalue weighted by atomic mass is 15.3. The molecule has 0 bridgehead atoms. The summed E-state index contributed by atoms with van der Waals surface area (Å²) in [5.41, 5.74) is 1.05. The van der Waals surface area contributed by atoms with Gasteiger partial charge in [-0.2, -0.15) is 5.10 Å².